The van der Waals surface area contributed by atoms with Crippen molar-refractivity contribution >= 4 is 34.6 Å². The quantitative estimate of drug-likeness (QED) is 0.765. The van der Waals surface area contributed by atoms with Crippen LogP contribution >= 0.6 is 11.6 Å². The minimum absolute atomic E-state index is 0.00699. The summed E-state index contributed by atoms with van der Waals surface area (Å²) in [6.07, 6.45) is 0.791. The van der Waals surface area contributed by atoms with Crippen LogP contribution in [0.2, 0.25) is 5.02 Å². The van der Waals surface area contributed by atoms with Crippen molar-refractivity contribution in [2.24, 2.45) is 0 Å². The molecule has 2 aliphatic heterocycles. The van der Waals surface area contributed by atoms with Crippen LogP contribution in [0.15, 0.2) is 83.5 Å². The molecule has 150 valence electrons. The molecule has 2 heterocycles. The second-order valence-electron chi connectivity index (χ2n) is 7.40. The van der Waals surface area contributed by atoms with Crippen molar-refractivity contribution in [1.82, 2.24) is 5.32 Å². The number of anilines is 1. The molecule has 0 bridgehead atoms. The van der Waals surface area contributed by atoms with Gasteiger partial charge in [-0.3, -0.25) is 9.59 Å². The number of ketones is 1. The lowest BCUT2D eigenvalue weighted by molar-refractivity contribution is -0.121. The van der Waals surface area contributed by atoms with Gasteiger partial charge in [0.25, 0.3) is 5.91 Å². The number of nitrogens with one attached hydrogen (secondary N) is 1. The normalized spacial score (nSPS) is 23.3. The topological polar surface area (TPSA) is 69.6 Å². The van der Waals surface area contributed by atoms with Crippen molar-refractivity contribution < 1.29 is 19.1 Å². The number of rotatable bonds is 2. The highest BCUT2D eigenvalue weighted by Gasteiger charge is 2.61. The van der Waals surface area contributed by atoms with E-state index in [9.17, 15) is 19.1 Å². The second-order valence-corrected chi connectivity index (χ2v) is 7.84. The summed E-state index contributed by atoms with van der Waals surface area (Å²) in [4.78, 5) is 27.5. The van der Waals surface area contributed by atoms with Crippen molar-refractivity contribution in [2.45, 2.75) is 12.0 Å². The van der Waals surface area contributed by atoms with Crippen molar-refractivity contribution in [3.8, 4) is 0 Å². The standard InChI is InChI=1S/C23H16ClFN2O3/c24-14-7-4-8-15(9-14)27-12-20(29)21(13-5-2-1-3-6-13)23(27)16-10-19(28)17(25)11-18(16)26-22(23)30/h1-9,11,29H,10,12H2,(H,26,30). The number of benzene rings is 2. The molecule has 5 rings (SSSR count). The van der Waals surface area contributed by atoms with Crippen molar-refractivity contribution in [2.75, 3.05) is 11.4 Å². The van der Waals surface area contributed by atoms with Gasteiger partial charge in [-0.15, -0.1) is 0 Å². The summed E-state index contributed by atoms with van der Waals surface area (Å²) in [6, 6.07) is 16.0. The number of halogens is 2. The minimum Gasteiger partial charge on any atom is -0.510 e. The lowest BCUT2D eigenvalue weighted by atomic mass is 9.76. The van der Waals surface area contributed by atoms with Gasteiger partial charge >= 0.3 is 0 Å². The van der Waals surface area contributed by atoms with Gasteiger partial charge in [-0.1, -0.05) is 48.0 Å². The molecule has 2 aromatic carbocycles. The number of Topliss-reactive ketones (excluding diaryl/α,β-unsaturated/α-hetero) is 1. The van der Waals surface area contributed by atoms with Crippen LogP contribution in [-0.4, -0.2) is 28.9 Å². The summed E-state index contributed by atoms with van der Waals surface area (Å²) in [5.41, 5.74) is 0.818. The molecule has 5 nitrogen and oxygen atoms in total. The molecule has 2 N–H and O–H groups in total. The van der Waals surface area contributed by atoms with Crippen LogP contribution < -0.4 is 10.2 Å². The van der Waals surface area contributed by atoms with Gasteiger partial charge in [0, 0.05) is 40.1 Å². The van der Waals surface area contributed by atoms with E-state index in [1.54, 1.807) is 53.4 Å². The molecule has 0 aromatic heterocycles. The molecule has 0 fully saturated rings. The van der Waals surface area contributed by atoms with Crippen molar-refractivity contribution in [3.63, 3.8) is 0 Å². The molecule has 0 radical (unpaired) electrons. The van der Waals surface area contributed by atoms with Gasteiger partial charge in [-0.25, -0.2) is 4.39 Å². The van der Waals surface area contributed by atoms with Gasteiger partial charge in [-0.05, 0) is 23.8 Å². The van der Waals surface area contributed by atoms with Crippen LogP contribution in [-0.2, 0) is 9.59 Å². The lowest BCUT2D eigenvalue weighted by Gasteiger charge is -2.39. The third kappa shape index (κ3) is 2.47. The maximum Gasteiger partial charge on any atom is 0.259 e. The summed E-state index contributed by atoms with van der Waals surface area (Å²) in [5, 5.41) is 14.2. The van der Waals surface area contributed by atoms with Crippen LogP contribution in [0.5, 0.6) is 0 Å². The number of hydrogen-bond donors (Lipinski definition) is 2. The first kappa shape index (κ1) is 18.6. The van der Waals surface area contributed by atoms with E-state index in [0.29, 0.717) is 27.4 Å². The fourth-order valence-electron chi connectivity index (χ4n) is 4.57. The number of carbonyl (C=O) groups is 2. The Morgan fingerprint density at radius 2 is 1.87 bits per heavy atom. The van der Waals surface area contributed by atoms with E-state index in [1.165, 1.54) is 0 Å². The van der Waals surface area contributed by atoms with Gasteiger partial charge in [0.15, 0.2) is 17.1 Å². The minimum atomic E-state index is -1.49. The second kappa shape index (κ2) is 6.57. The van der Waals surface area contributed by atoms with E-state index in [1.807, 2.05) is 6.07 Å². The van der Waals surface area contributed by atoms with E-state index in [4.69, 9.17) is 11.6 Å². The van der Waals surface area contributed by atoms with E-state index in [-0.39, 0.29) is 24.4 Å². The summed E-state index contributed by atoms with van der Waals surface area (Å²) in [5.74, 6) is -2.04. The number of hydrogen-bond acceptors (Lipinski definition) is 4. The number of amides is 1. The molecule has 1 spiro atoms. The van der Waals surface area contributed by atoms with Gasteiger partial charge in [-0.2, -0.15) is 0 Å². The molecule has 0 saturated heterocycles. The molecule has 1 aliphatic carbocycles. The Morgan fingerprint density at radius 3 is 2.60 bits per heavy atom. The largest absolute Gasteiger partial charge is 0.510 e. The number of aliphatic hydroxyl groups excluding tert-OH is 1. The number of nitrogens with zero attached hydrogens (tertiary/aromatic N) is 1. The molecular formula is C23H16ClFN2O3. The summed E-state index contributed by atoms with van der Waals surface area (Å²) in [7, 11) is 0. The molecule has 30 heavy (non-hydrogen) atoms. The Hall–Kier alpha value is -3.38. The van der Waals surface area contributed by atoms with Gasteiger partial charge < -0.3 is 15.3 Å². The Kier molecular flexibility index (Phi) is 4.08. The first-order chi connectivity index (χ1) is 14.4. The number of allylic oxidation sites excluding steroid dienone is 2. The summed E-state index contributed by atoms with van der Waals surface area (Å²) >= 11 is 6.20. The van der Waals surface area contributed by atoms with E-state index < -0.39 is 23.1 Å². The van der Waals surface area contributed by atoms with E-state index >= 15 is 0 Å². The highest BCUT2D eigenvalue weighted by Crippen LogP contribution is 2.52. The predicted molar refractivity (Wildman–Crippen MR) is 112 cm³/mol. The Labute approximate surface area is 176 Å². The Morgan fingerprint density at radius 1 is 1.10 bits per heavy atom. The summed E-state index contributed by atoms with van der Waals surface area (Å²) < 4.78 is 14.0. The van der Waals surface area contributed by atoms with Crippen LogP contribution in [0.4, 0.5) is 10.1 Å². The van der Waals surface area contributed by atoms with E-state index in [0.717, 1.165) is 6.08 Å². The first-order valence-electron chi connectivity index (χ1n) is 9.39. The molecular weight excluding hydrogens is 407 g/mol. The lowest BCUT2D eigenvalue weighted by Crippen LogP contribution is -2.54. The third-order valence-electron chi connectivity index (χ3n) is 5.76. The van der Waals surface area contributed by atoms with Crippen LogP contribution in [0.1, 0.15) is 12.0 Å². The molecule has 7 heteroatoms. The van der Waals surface area contributed by atoms with Gasteiger partial charge in [0.1, 0.15) is 5.76 Å². The fraction of sp³-hybridized carbons (Fsp3) is 0.130. The average Bonchev–Trinajstić information content (AvgIpc) is 3.18. The highest BCUT2D eigenvalue weighted by molar-refractivity contribution is 6.31. The number of carbonyl (C=O) groups excluding carboxylic acids is 2. The molecule has 1 amide bonds. The van der Waals surface area contributed by atoms with E-state index in [2.05, 4.69) is 5.32 Å². The first-order valence-corrected chi connectivity index (χ1v) is 9.77. The molecule has 0 saturated carbocycles. The van der Waals surface area contributed by atoms with Gasteiger partial charge in [0.05, 0.1) is 6.54 Å². The molecule has 1 unspecified atom stereocenters. The molecule has 1 atom stereocenters. The zero-order chi connectivity index (χ0) is 21.0. The maximum atomic E-state index is 14.0. The Balaban J connectivity index is 1.81. The average molecular weight is 423 g/mol. The van der Waals surface area contributed by atoms with Crippen LogP contribution in [0.3, 0.4) is 0 Å². The monoisotopic (exact) mass is 422 g/mol. The maximum absolute atomic E-state index is 14.0. The number of aliphatic hydroxyl groups is 1. The van der Waals surface area contributed by atoms with Crippen LogP contribution in [0, 0.1) is 0 Å². The molecule has 3 aliphatic rings. The van der Waals surface area contributed by atoms with Gasteiger partial charge in [0.2, 0.25) is 0 Å². The van der Waals surface area contributed by atoms with Crippen molar-refractivity contribution in [3.05, 3.63) is 94.1 Å². The number of fused-ring (bicyclic) bond motifs is 1. The fourth-order valence-corrected chi connectivity index (χ4v) is 4.75. The van der Waals surface area contributed by atoms with Crippen LogP contribution in [0.25, 0.3) is 5.57 Å². The molecule has 2 aromatic rings. The predicted octanol–water partition coefficient (Wildman–Crippen LogP) is 4.08. The third-order valence-corrected chi connectivity index (χ3v) is 5.99. The summed E-state index contributed by atoms with van der Waals surface area (Å²) in [6.45, 7) is 0.0369. The zero-order valence-electron chi connectivity index (χ0n) is 15.7. The van der Waals surface area contributed by atoms with Crippen molar-refractivity contribution in [1.29, 1.82) is 0 Å². The highest BCUT2D eigenvalue weighted by atomic mass is 35.5. The smallest absolute Gasteiger partial charge is 0.259 e. The zero-order valence-corrected chi connectivity index (χ0v) is 16.4. The SMILES string of the molecule is O=C1CC2=C(C=C1F)NC(=O)C21C(c2ccccc2)=C(O)CN1c1cccc(Cl)c1. The Bertz CT molecular complexity index is 1200.